The minimum atomic E-state index is -1.50. The second kappa shape index (κ2) is 5.91. The van der Waals surface area contributed by atoms with Crippen molar-refractivity contribution in [3.8, 4) is 0 Å². The van der Waals surface area contributed by atoms with E-state index >= 15 is 0 Å². The number of carboxylic acids is 1. The molecule has 0 radical (unpaired) electrons. The molecule has 2 nitrogen and oxygen atoms in total. The normalized spacial score (nSPS) is 13.3. The zero-order chi connectivity index (χ0) is 12.1. The summed E-state index contributed by atoms with van der Waals surface area (Å²) in [6.07, 6.45) is 4.76. The number of aliphatic carboxylic acids is 1. The van der Waals surface area contributed by atoms with Gasteiger partial charge in [0.1, 0.15) is 0 Å². The maximum Gasteiger partial charge on any atom is 0.330 e. The Bertz CT molecular complexity index is 272. The molecule has 0 aromatic heterocycles. The standard InChI is InChI=1S/C12H22O2Si/c1-6-7-8-9-11(15(3,4)5)10(2)12(13)14/h6H,1,7-9H2,2-5H3,(H,13,14)/b11-10-. The van der Waals surface area contributed by atoms with Crippen LogP contribution in [0.2, 0.25) is 19.6 Å². The highest BCUT2D eigenvalue weighted by Gasteiger charge is 2.23. The molecule has 15 heavy (non-hydrogen) atoms. The molecular weight excluding hydrogens is 204 g/mol. The van der Waals surface area contributed by atoms with Crippen molar-refractivity contribution >= 4 is 14.0 Å². The molecule has 0 saturated carbocycles. The van der Waals surface area contributed by atoms with Gasteiger partial charge in [-0.05, 0) is 26.2 Å². The number of carboxylic acid groups (broad SMARTS) is 1. The lowest BCUT2D eigenvalue weighted by Crippen LogP contribution is -2.27. The maximum atomic E-state index is 11.0. The van der Waals surface area contributed by atoms with Crippen molar-refractivity contribution in [2.24, 2.45) is 0 Å². The number of hydrogen-bond donors (Lipinski definition) is 1. The molecule has 86 valence electrons. The van der Waals surface area contributed by atoms with Crippen LogP contribution in [0.15, 0.2) is 23.4 Å². The Hall–Kier alpha value is -0.833. The molecule has 0 aromatic carbocycles. The third-order valence-electron chi connectivity index (χ3n) is 2.51. The minimum Gasteiger partial charge on any atom is -0.478 e. The van der Waals surface area contributed by atoms with Crippen LogP contribution >= 0.6 is 0 Å². The third kappa shape index (κ3) is 4.97. The van der Waals surface area contributed by atoms with E-state index in [-0.39, 0.29) is 0 Å². The first-order chi connectivity index (χ1) is 6.80. The van der Waals surface area contributed by atoms with Gasteiger partial charge in [-0.25, -0.2) is 4.79 Å². The zero-order valence-corrected chi connectivity index (χ0v) is 11.3. The number of rotatable bonds is 6. The van der Waals surface area contributed by atoms with E-state index in [2.05, 4.69) is 26.2 Å². The molecule has 3 heteroatoms. The fraction of sp³-hybridized carbons (Fsp3) is 0.583. The molecule has 0 bridgehead atoms. The molecule has 0 aliphatic rings. The second-order valence-electron chi connectivity index (χ2n) is 4.84. The SMILES string of the molecule is C=CCCC/C(=C(\C)C(=O)O)[Si](C)(C)C. The number of hydrogen-bond acceptors (Lipinski definition) is 1. The fourth-order valence-electron chi connectivity index (χ4n) is 1.68. The Labute approximate surface area is 93.7 Å². The molecule has 0 saturated heterocycles. The summed E-state index contributed by atoms with van der Waals surface area (Å²) in [4.78, 5) is 11.0. The van der Waals surface area contributed by atoms with Crippen LogP contribution in [0.4, 0.5) is 0 Å². The zero-order valence-electron chi connectivity index (χ0n) is 10.3. The van der Waals surface area contributed by atoms with Gasteiger partial charge in [-0.15, -0.1) is 6.58 Å². The summed E-state index contributed by atoms with van der Waals surface area (Å²) >= 11 is 0. The van der Waals surface area contributed by atoms with Crippen molar-refractivity contribution < 1.29 is 9.90 Å². The van der Waals surface area contributed by atoms with E-state index in [1.807, 2.05) is 6.08 Å². The summed E-state index contributed by atoms with van der Waals surface area (Å²) in [5.74, 6) is -0.772. The number of allylic oxidation sites excluding steroid dienone is 2. The Morgan fingerprint density at radius 1 is 1.40 bits per heavy atom. The van der Waals surface area contributed by atoms with Gasteiger partial charge in [-0.3, -0.25) is 0 Å². The van der Waals surface area contributed by atoms with Crippen molar-refractivity contribution in [3.05, 3.63) is 23.4 Å². The first kappa shape index (κ1) is 14.2. The van der Waals surface area contributed by atoms with E-state index in [0.29, 0.717) is 5.57 Å². The summed E-state index contributed by atoms with van der Waals surface area (Å²) < 4.78 is 0. The van der Waals surface area contributed by atoms with Crippen LogP contribution in [0, 0.1) is 0 Å². The predicted octanol–water partition coefficient (Wildman–Crippen LogP) is 3.62. The molecule has 0 unspecified atom stereocenters. The first-order valence-electron chi connectivity index (χ1n) is 5.35. The Kier molecular flexibility index (Phi) is 5.58. The summed E-state index contributed by atoms with van der Waals surface area (Å²) in [6.45, 7) is 12.0. The summed E-state index contributed by atoms with van der Waals surface area (Å²) in [5.41, 5.74) is 0.554. The predicted molar refractivity (Wildman–Crippen MR) is 67.7 cm³/mol. The number of unbranched alkanes of at least 4 members (excludes halogenated alkanes) is 1. The van der Waals surface area contributed by atoms with Crippen LogP contribution in [-0.4, -0.2) is 19.1 Å². The quantitative estimate of drug-likeness (QED) is 0.325. The lowest BCUT2D eigenvalue weighted by atomic mass is 10.1. The Morgan fingerprint density at radius 2 is 1.93 bits per heavy atom. The average Bonchev–Trinajstić information content (AvgIpc) is 2.09. The highest BCUT2D eigenvalue weighted by atomic mass is 28.3. The molecule has 0 heterocycles. The van der Waals surface area contributed by atoms with Gasteiger partial charge < -0.3 is 5.11 Å². The lowest BCUT2D eigenvalue weighted by molar-refractivity contribution is -0.132. The molecule has 0 aromatic rings. The second-order valence-corrected chi connectivity index (χ2v) is 9.94. The van der Waals surface area contributed by atoms with Crippen LogP contribution in [0.5, 0.6) is 0 Å². The van der Waals surface area contributed by atoms with Crippen LogP contribution in [-0.2, 0) is 4.79 Å². The van der Waals surface area contributed by atoms with Crippen LogP contribution < -0.4 is 0 Å². The van der Waals surface area contributed by atoms with Gasteiger partial charge in [0.15, 0.2) is 0 Å². The van der Waals surface area contributed by atoms with Crippen molar-refractivity contribution in [1.29, 1.82) is 0 Å². The molecule has 0 fully saturated rings. The molecular formula is C12H22O2Si. The van der Waals surface area contributed by atoms with E-state index in [9.17, 15) is 4.79 Å². The lowest BCUT2D eigenvalue weighted by Gasteiger charge is -2.22. The van der Waals surface area contributed by atoms with E-state index in [1.165, 1.54) is 5.20 Å². The molecule has 0 amide bonds. The van der Waals surface area contributed by atoms with E-state index < -0.39 is 14.0 Å². The largest absolute Gasteiger partial charge is 0.478 e. The topological polar surface area (TPSA) is 37.3 Å². The molecule has 0 rings (SSSR count). The van der Waals surface area contributed by atoms with Gasteiger partial charge >= 0.3 is 5.97 Å². The third-order valence-corrected chi connectivity index (χ3v) is 4.95. The summed E-state index contributed by atoms with van der Waals surface area (Å²) in [5, 5.41) is 10.2. The van der Waals surface area contributed by atoms with Crippen molar-refractivity contribution in [2.45, 2.75) is 45.8 Å². The fourth-order valence-corrected chi connectivity index (χ4v) is 3.84. The van der Waals surface area contributed by atoms with Crippen molar-refractivity contribution in [3.63, 3.8) is 0 Å². The molecule has 0 aliphatic heterocycles. The van der Waals surface area contributed by atoms with Crippen molar-refractivity contribution in [2.75, 3.05) is 0 Å². The molecule has 0 spiro atoms. The number of carbonyl (C=O) groups is 1. The van der Waals surface area contributed by atoms with Gasteiger partial charge in [-0.1, -0.05) is 30.9 Å². The van der Waals surface area contributed by atoms with E-state index in [1.54, 1.807) is 6.92 Å². The minimum absolute atomic E-state index is 0.554. The Morgan fingerprint density at radius 3 is 2.27 bits per heavy atom. The maximum absolute atomic E-state index is 11.0. The summed E-state index contributed by atoms with van der Waals surface area (Å²) in [6, 6.07) is 0. The van der Waals surface area contributed by atoms with Crippen LogP contribution in [0.3, 0.4) is 0 Å². The average molecular weight is 226 g/mol. The van der Waals surface area contributed by atoms with Gasteiger partial charge in [-0.2, -0.15) is 0 Å². The first-order valence-corrected chi connectivity index (χ1v) is 8.85. The van der Waals surface area contributed by atoms with E-state index in [0.717, 1.165) is 19.3 Å². The van der Waals surface area contributed by atoms with Crippen LogP contribution in [0.25, 0.3) is 0 Å². The van der Waals surface area contributed by atoms with Crippen LogP contribution in [0.1, 0.15) is 26.2 Å². The highest BCUT2D eigenvalue weighted by molar-refractivity contribution is 6.83. The molecule has 0 aliphatic carbocycles. The van der Waals surface area contributed by atoms with Gasteiger partial charge in [0, 0.05) is 5.57 Å². The van der Waals surface area contributed by atoms with Gasteiger partial charge in [0.2, 0.25) is 0 Å². The monoisotopic (exact) mass is 226 g/mol. The Balaban J connectivity index is 4.82. The van der Waals surface area contributed by atoms with E-state index in [4.69, 9.17) is 5.11 Å². The smallest absolute Gasteiger partial charge is 0.330 e. The summed E-state index contributed by atoms with van der Waals surface area (Å²) in [7, 11) is -1.50. The molecule has 1 N–H and O–H groups in total. The molecule has 0 atom stereocenters. The van der Waals surface area contributed by atoms with Gasteiger partial charge in [0.25, 0.3) is 0 Å². The van der Waals surface area contributed by atoms with Crippen molar-refractivity contribution in [1.82, 2.24) is 0 Å². The van der Waals surface area contributed by atoms with Gasteiger partial charge in [0.05, 0.1) is 8.07 Å². The highest BCUT2D eigenvalue weighted by Crippen LogP contribution is 2.24.